The van der Waals surface area contributed by atoms with Gasteiger partial charge in [0.15, 0.2) is 0 Å². The summed E-state index contributed by atoms with van der Waals surface area (Å²) in [6.07, 6.45) is 3.19. The molecule has 0 spiro atoms. The van der Waals surface area contributed by atoms with Gasteiger partial charge in [-0.2, -0.15) is 0 Å². The number of carbonyl (C=O) groups excluding carboxylic acids is 2. The Kier molecular flexibility index (Phi) is 4.75. The Hall–Kier alpha value is -1.36. The second-order valence-electron chi connectivity index (χ2n) is 4.45. The van der Waals surface area contributed by atoms with Crippen molar-refractivity contribution in [3.05, 3.63) is 22.4 Å². The van der Waals surface area contributed by atoms with E-state index in [1.54, 1.807) is 16.2 Å². The zero-order valence-electron chi connectivity index (χ0n) is 10.4. The molecule has 0 radical (unpaired) electrons. The second kappa shape index (κ2) is 6.54. The van der Waals surface area contributed by atoms with Crippen LogP contribution in [0.1, 0.15) is 24.1 Å². The maximum absolute atomic E-state index is 12.0. The third kappa shape index (κ3) is 3.84. The predicted octanol–water partition coefficient (Wildman–Crippen LogP) is 1.42. The van der Waals surface area contributed by atoms with Crippen LogP contribution in [0.5, 0.6) is 0 Å². The lowest BCUT2D eigenvalue weighted by Crippen LogP contribution is -2.37. The minimum atomic E-state index is -0.0425. The SMILES string of the molecule is O=C1CN(C(=O)CCCc2cccs2)CCCN1. The van der Waals surface area contributed by atoms with Gasteiger partial charge in [-0.15, -0.1) is 11.3 Å². The molecule has 5 heteroatoms. The second-order valence-corrected chi connectivity index (χ2v) is 5.48. The molecule has 1 aromatic rings. The molecule has 0 saturated carbocycles. The van der Waals surface area contributed by atoms with Crippen molar-refractivity contribution < 1.29 is 9.59 Å². The van der Waals surface area contributed by atoms with Crippen molar-refractivity contribution in [1.29, 1.82) is 0 Å². The van der Waals surface area contributed by atoms with Crippen LogP contribution in [0.15, 0.2) is 17.5 Å². The van der Waals surface area contributed by atoms with E-state index >= 15 is 0 Å². The van der Waals surface area contributed by atoms with Gasteiger partial charge in [-0.05, 0) is 30.7 Å². The quantitative estimate of drug-likeness (QED) is 0.896. The fraction of sp³-hybridized carbons (Fsp3) is 0.538. The summed E-state index contributed by atoms with van der Waals surface area (Å²) in [6, 6.07) is 4.12. The summed E-state index contributed by atoms with van der Waals surface area (Å²) in [5.74, 6) is 0.0581. The summed E-state index contributed by atoms with van der Waals surface area (Å²) in [5, 5.41) is 4.83. The molecule has 2 amide bonds. The Morgan fingerprint density at radius 2 is 2.39 bits per heavy atom. The molecule has 18 heavy (non-hydrogen) atoms. The van der Waals surface area contributed by atoms with Crippen molar-refractivity contribution in [3.8, 4) is 0 Å². The van der Waals surface area contributed by atoms with Gasteiger partial charge >= 0.3 is 0 Å². The van der Waals surface area contributed by atoms with E-state index in [9.17, 15) is 9.59 Å². The minimum Gasteiger partial charge on any atom is -0.354 e. The first-order chi connectivity index (χ1) is 8.75. The third-order valence-electron chi connectivity index (χ3n) is 3.01. The van der Waals surface area contributed by atoms with Gasteiger partial charge in [0, 0.05) is 24.4 Å². The van der Waals surface area contributed by atoms with E-state index in [4.69, 9.17) is 0 Å². The lowest BCUT2D eigenvalue weighted by atomic mass is 10.2. The molecule has 0 bridgehead atoms. The lowest BCUT2D eigenvalue weighted by Gasteiger charge is -2.18. The van der Waals surface area contributed by atoms with Crippen LogP contribution in [0.2, 0.25) is 0 Å². The summed E-state index contributed by atoms with van der Waals surface area (Å²) in [7, 11) is 0. The zero-order valence-corrected chi connectivity index (χ0v) is 11.2. The fourth-order valence-corrected chi connectivity index (χ4v) is 2.80. The first kappa shape index (κ1) is 13.1. The topological polar surface area (TPSA) is 49.4 Å². The molecule has 1 fully saturated rings. The normalized spacial score (nSPS) is 16.2. The summed E-state index contributed by atoms with van der Waals surface area (Å²) >= 11 is 1.72. The predicted molar refractivity (Wildman–Crippen MR) is 71.5 cm³/mol. The average molecular weight is 266 g/mol. The molecular weight excluding hydrogens is 248 g/mol. The van der Waals surface area contributed by atoms with Gasteiger partial charge in [0.05, 0.1) is 6.54 Å². The highest BCUT2D eigenvalue weighted by molar-refractivity contribution is 7.09. The highest BCUT2D eigenvalue weighted by Crippen LogP contribution is 2.12. The maximum atomic E-state index is 12.0. The number of aryl methyl sites for hydroxylation is 1. The van der Waals surface area contributed by atoms with Crippen molar-refractivity contribution in [1.82, 2.24) is 10.2 Å². The Labute approximate surface area is 111 Å². The number of rotatable bonds is 4. The first-order valence-electron chi connectivity index (χ1n) is 6.32. The Morgan fingerprint density at radius 1 is 1.50 bits per heavy atom. The van der Waals surface area contributed by atoms with Gasteiger partial charge in [0.2, 0.25) is 11.8 Å². The fourth-order valence-electron chi connectivity index (χ4n) is 2.05. The van der Waals surface area contributed by atoms with Crippen molar-refractivity contribution >= 4 is 23.2 Å². The maximum Gasteiger partial charge on any atom is 0.239 e. The van der Waals surface area contributed by atoms with Crippen LogP contribution < -0.4 is 5.32 Å². The van der Waals surface area contributed by atoms with Gasteiger partial charge in [-0.25, -0.2) is 0 Å². The molecule has 1 aliphatic heterocycles. The number of hydrogen-bond acceptors (Lipinski definition) is 3. The zero-order chi connectivity index (χ0) is 12.8. The lowest BCUT2D eigenvalue weighted by molar-refractivity contribution is -0.135. The highest BCUT2D eigenvalue weighted by Gasteiger charge is 2.18. The highest BCUT2D eigenvalue weighted by atomic mass is 32.1. The largest absolute Gasteiger partial charge is 0.354 e. The molecule has 1 N–H and O–H groups in total. The smallest absolute Gasteiger partial charge is 0.239 e. The van der Waals surface area contributed by atoms with E-state index in [-0.39, 0.29) is 18.4 Å². The monoisotopic (exact) mass is 266 g/mol. The Balaban J connectivity index is 1.74. The molecule has 1 aliphatic rings. The standard InChI is InChI=1S/C13H18N2O2S/c16-12-10-15(8-3-7-14-12)13(17)6-1-4-11-5-2-9-18-11/h2,5,9H,1,3-4,6-8,10H2,(H,14,16). The van der Waals surface area contributed by atoms with Crippen LogP contribution in [-0.4, -0.2) is 36.3 Å². The van der Waals surface area contributed by atoms with Crippen molar-refractivity contribution in [2.24, 2.45) is 0 Å². The molecule has 2 heterocycles. The molecule has 1 saturated heterocycles. The van der Waals surface area contributed by atoms with E-state index in [1.165, 1.54) is 4.88 Å². The summed E-state index contributed by atoms with van der Waals surface area (Å²) in [4.78, 5) is 26.3. The summed E-state index contributed by atoms with van der Waals surface area (Å²) < 4.78 is 0. The molecular formula is C13H18N2O2S. The molecule has 0 unspecified atom stereocenters. The van der Waals surface area contributed by atoms with Crippen molar-refractivity contribution in [2.45, 2.75) is 25.7 Å². The molecule has 1 aromatic heterocycles. The minimum absolute atomic E-state index is 0.0425. The van der Waals surface area contributed by atoms with Gasteiger partial charge < -0.3 is 10.2 Å². The molecule has 4 nitrogen and oxygen atoms in total. The number of hydrogen-bond donors (Lipinski definition) is 1. The van der Waals surface area contributed by atoms with E-state index < -0.39 is 0 Å². The molecule has 0 aliphatic carbocycles. The van der Waals surface area contributed by atoms with E-state index in [0.29, 0.717) is 19.5 Å². The van der Waals surface area contributed by atoms with Crippen LogP contribution >= 0.6 is 11.3 Å². The first-order valence-corrected chi connectivity index (χ1v) is 7.20. The number of amides is 2. The number of nitrogens with zero attached hydrogens (tertiary/aromatic N) is 1. The van der Waals surface area contributed by atoms with Crippen molar-refractivity contribution in [2.75, 3.05) is 19.6 Å². The number of carbonyl (C=O) groups is 2. The van der Waals surface area contributed by atoms with E-state index in [2.05, 4.69) is 16.8 Å². The van der Waals surface area contributed by atoms with Gasteiger partial charge in [-0.1, -0.05) is 6.07 Å². The number of nitrogens with one attached hydrogen (secondary N) is 1. The van der Waals surface area contributed by atoms with Crippen LogP contribution in [0.3, 0.4) is 0 Å². The molecule has 98 valence electrons. The summed E-state index contributed by atoms with van der Waals surface area (Å²) in [6.45, 7) is 1.59. The van der Waals surface area contributed by atoms with Gasteiger partial charge in [-0.3, -0.25) is 9.59 Å². The van der Waals surface area contributed by atoms with Crippen molar-refractivity contribution in [3.63, 3.8) is 0 Å². The molecule has 0 atom stereocenters. The van der Waals surface area contributed by atoms with Crippen LogP contribution in [0.25, 0.3) is 0 Å². The van der Waals surface area contributed by atoms with Crippen LogP contribution in [0, 0.1) is 0 Å². The van der Waals surface area contributed by atoms with E-state index in [1.807, 2.05) is 6.07 Å². The Bertz CT molecular complexity index is 403. The van der Waals surface area contributed by atoms with Gasteiger partial charge in [0.25, 0.3) is 0 Å². The number of thiophene rings is 1. The molecule has 2 rings (SSSR count). The van der Waals surface area contributed by atoms with Gasteiger partial charge in [0.1, 0.15) is 0 Å². The Morgan fingerprint density at radius 3 is 3.17 bits per heavy atom. The third-order valence-corrected chi connectivity index (χ3v) is 3.94. The van der Waals surface area contributed by atoms with E-state index in [0.717, 1.165) is 19.3 Å². The summed E-state index contributed by atoms with van der Waals surface area (Å²) in [5.41, 5.74) is 0. The average Bonchev–Trinajstić information content (AvgIpc) is 2.77. The molecule has 0 aromatic carbocycles. The van der Waals surface area contributed by atoms with Crippen LogP contribution in [0.4, 0.5) is 0 Å². The van der Waals surface area contributed by atoms with Crippen LogP contribution in [-0.2, 0) is 16.0 Å².